The van der Waals surface area contributed by atoms with Crippen LogP contribution in [0.4, 0.5) is 5.69 Å². The van der Waals surface area contributed by atoms with Crippen LogP contribution in [0.15, 0.2) is 53.3 Å². The number of ether oxygens (including phenoxy) is 2. The van der Waals surface area contributed by atoms with Gasteiger partial charge in [0, 0.05) is 23.2 Å². The average Bonchev–Trinajstić information content (AvgIpc) is 2.92. The van der Waals surface area contributed by atoms with Gasteiger partial charge in [-0.25, -0.2) is 0 Å². The lowest BCUT2D eigenvalue weighted by Gasteiger charge is -2.20. The Morgan fingerprint density at radius 2 is 1.66 bits per heavy atom. The van der Waals surface area contributed by atoms with Gasteiger partial charge in [-0.15, -0.1) is 0 Å². The number of hydrogen-bond acceptors (Lipinski definition) is 4. The second-order valence-electron chi connectivity index (χ2n) is 10.1. The van der Waals surface area contributed by atoms with Crippen LogP contribution in [0.5, 0.6) is 11.5 Å². The molecule has 1 N–H and O–H groups in total. The molecule has 1 amide bonds. The van der Waals surface area contributed by atoms with Crippen LogP contribution in [0.2, 0.25) is 0 Å². The number of nitrogens with zero attached hydrogens (tertiary/aromatic N) is 1. The van der Waals surface area contributed by atoms with Crippen LogP contribution in [-0.2, 0) is 6.54 Å². The Morgan fingerprint density at radius 1 is 0.895 bits per heavy atom. The molecule has 0 saturated carbocycles. The molecule has 0 radical (unpaired) electrons. The molecule has 6 nitrogen and oxygen atoms in total. The van der Waals surface area contributed by atoms with Crippen molar-refractivity contribution in [3.63, 3.8) is 0 Å². The summed E-state index contributed by atoms with van der Waals surface area (Å²) in [7, 11) is 0. The number of anilines is 1. The van der Waals surface area contributed by atoms with E-state index < -0.39 is 0 Å². The first-order chi connectivity index (χ1) is 18.5. The van der Waals surface area contributed by atoms with E-state index in [1.165, 1.54) is 0 Å². The lowest BCUT2D eigenvalue weighted by atomic mass is 10.1. The number of aryl methyl sites for hydroxylation is 1. The van der Waals surface area contributed by atoms with Gasteiger partial charge in [-0.2, -0.15) is 0 Å². The maximum atomic E-state index is 13.9. The summed E-state index contributed by atoms with van der Waals surface area (Å²) in [6.07, 6.45) is 8.18. The third-order valence-corrected chi connectivity index (χ3v) is 6.75. The van der Waals surface area contributed by atoms with Gasteiger partial charge in [0.25, 0.3) is 11.5 Å². The van der Waals surface area contributed by atoms with Crippen molar-refractivity contribution in [2.24, 2.45) is 5.92 Å². The molecule has 1 atom stereocenters. The predicted molar refractivity (Wildman–Crippen MR) is 157 cm³/mol. The second kappa shape index (κ2) is 15.2. The third-order valence-electron chi connectivity index (χ3n) is 6.75. The van der Waals surface area contributed by atoms with Crippen molar-refractivity contribution in [3.8, 4) is 11.5 Å². The normalized spacial score (nSPS) is 11.9. The SMILES string of the molecule is CCCCCCn1c(=O)c(OCC(C)CCC)c(OCCCC)c2ccc(NC(=O)c3ccccc3)cc21. The number of benzene rings is 2. The minimum Gasteiger partial charge on any atom is -0.489 e. The first-order valence-corrected chi connectivity index (χ1v) is 14.3. The van der Waals surface area contributed by atoms with E-state index in [0.717, 1.165) is 62.3 Å². The van der Waals surface area contributed by atoms with Crippen LogP contribution < -0.4 is 20.3 Å². The van der Waals surface area contributed by atoms with Gasteiger partial charge in [0.1, 0.15) is 0 Å². The summed E-state index contributed by atoms with van der Waals surface area (Å²) in [6, 6.07) is 14.8. The summed E-state index contributed by atoms with van der Waals surface area (Å²) in [5, 5.41) is 3.81. The minimum absolute atomic E-state index is 0.171. The Morgan fingerprint density at radius 3 is 2.37 bits per heavy atom. The molecule has 1 unspecified atom stereocenters. The quantitative estimate of drug-likeness (QED) is 0.195. The Labute approximate surface area is 227 Å². The van der Waals surface area contributed by atoms with Gasteiger partial charge >= 0.3 is 0 Å². The highest BCUT2D eigenvalue weighted by molar-refractivity contribution is 6.05. The number of carbonyl (C=O) groups is 1. The standard InChI is InChI=1S/C32H44N2O4/c1-5-8-10-14-20-34-28-22-26(33-31(35)25-16-12-11-13-17-25)18-19-27(28)29(37-21-9-6-2)30(32(34)36)38-23-24(4)15-7-3/h11-13,16-19,22,24H,5-10,14-15,20-21,23H2,1-4H3,(H,33,35). The largest absolute Gasteiger partial charge is 0.489 e. The van der Waals surface area contributed by atoms with Crippen LogP contribution in [0.3, 0.4) is 0 Å². The summed E-state index contributed by atoms with van der Waals surface area (Å²) in [4.78, 5) is 26.7. The van der Waals surface area contributed by atoms with Gasteiger partial charge < -0.3 is 19.4 Å². The zero-order chi connectivity index (χ0) is 27.3. The summed E-state index contributed by atoms with van der Waals surface area (Å²) in [5.74, 6) is 0.958. The maximum Gasteiger partial charge on any atom is 0.297 e. The fraction of sp³-hybridized carbons (Fsp3) is 0.500. The van der Waals surface area contributed by atoms with Crippen molar-refractivity contribution in [1.29, 1.82) is 0 Å². The molecule has 0 bridgehead atoms. The molecule has 2 aromatic carbocycles. The molecule has 6 heteroatoms. The molecule has 206 valence electrons. The maximum absolute atomic E-state index is 13.9. The highest BCUT2D eigenvalue weighted by atomic mass is 16.5. The molecule has 0 fully saturated rings. The van der Waals surface area contributed by atoms with E-state index >= 15 is 0 Å². The molecule has 3 rings (SSSR count). The molecule has 1 aromatic heterocycles. The molecule has 3 aromatic rings. The summed E-state index contributed by atoms with van der Waals surface area (Å²) >= 11 is 0. The second-order valence-corrected chi connectivity index (χ2v) is 10.1. The van der Waals surface area contributed by atoms with Crippen LogP contribution >= 0.6 is 0 Å². The molecular formula is C32H44N2O4. The average molecular weight is 521 g/mol. The number of pyridine rings is 1. The number of fused-ring (bicyclic) bond motifs is 1. The number of hydrogen-bond donors (Lipinski definition) is 1. The van der Waals surface area contributed by atoms with E-state index in [1.807, 2.05) is 36.4 Å². The van der Waals surface area contributed by atoms with E-state index in [0.29, 0.717) is 48.4 Å². The minimum atomic E-state index is -0.189. The van der Waals surface area contributed by atoms with Crippen molar-refractivity contribution in [2.45, 2.75) is 85.6 Å². The molecule has 1 heterocycles. The number of carbonyl (C=O) groups excluding carboxylic acids is 1. The van der Waals surface area contributed by atoms with Gasteiger partial charge in [0.2, 0.25) is 5.75 Å². The number of rotatable bonds is 16. The molecule has 0 aliphatic carbocycles. The van der Waals surface area contributed by atoms with Crippen molar-refractivity contribution in [3.05, 3.63) is 64.4 Å². The van der Waals surface area contributed by atoms with Crippen molar-refractivity contribution in [1.82, 2.24) is 4.57 Å². The number of unbranched alkanes of at least 4 members (excludes halogenated alkanes) is 4. The molecule has 0 spiro atoms. The van der Waals surface area contributed by atoms with E-state index in [9.17, 15) is 9.59 Å². The van der Waals surface area contributed by atoms with Gasteiger partial charge in [-0.3, -0.25) is 9.59 Å². The monoisotopic (exact) mass is 520 g/mol. The van der Waals surface area contributed by atoms with E-state index in [1.54, 1.807) is 16.7 Å². The molecule has 0 aliphatic heterocycles. The number of amides is 1. The van der Waals surface area contributed by atoms with Crippen LogP contribution in [-0.4, -0.2) is 23.7 Å². The summed E-state index contributed by atoms with van der Waals surface area (Å²) in [6.45, 7) is 10.2. The van der Waals surface area contributed by atoms with E-state index in [-0.39, 0.29) is 11.5 Å². The summed E-state index contributed by atoms with van der Waals surface area (Å²) < 4.78 is 14.2. The highest BCUT2D eigenvalue weighted by Gasteiger charge is 2.21. The fourth-order valence-corrected chi connectivity index (χ4v) is 4.58. The van der Waals surface area contributed by atoms with Gasteiger partial charge in [0.05, 0.1) is 18.7 Å². The van der Waals surface area contributed by atoms with Crippen LogP contribution in [0.25, 0.3) is 10.9 Å². The Hall–Kier alpha value is -3.28. The smallest absolute Gasteiger partial charge is 0.297 e. The van der Waals surface area contributed by atoms with Crippen molar-refractivity contribution < 1.29 is 14.3 Å². The number of aromatic nitrogens is 1. The van der Waals surface area contributed by atoms with Gasteiger partial charge in [-0.1, -0.05) is 78.0 Å². The summed E-state index contributed by atoms with van der Waals surface area (Å²) in [5.41, 5.74) is 1.80. The fourth-order valence-electron chi connectivity index (χ4n) is 4.58. The number of nitrogens with one attached hydrogen (secondary N) is 1. The first kappa shape index (κ1) is 29.3. The Balaban J connectivity index is 2.07. The topological polar surface area (TPSA) is 69.6 Å². The molecule has 38 heavy (non-hydrogen) atoms. The predicted octanol–water partition coefficient (Wildman–Crippen LogP) is 7.83. The zero-order valence-electron chi connectivity index (χ0n) is 23.6. The lowest BCUT2D eigenvalue weighted by Crippen LogP contribution is -2.25. The van der Waals surface area contributed by atoms with Crippen molar-refractivity contribution in [2.75, 3.05) is 18.5 Å². The Bertz CT molecular complexity index is 1220. The van der Waals surface area contributed by atoms with Crippen LogP contribution in [0.1, 0.15) is 89.4 Å². The Kier molecular flexibility index (Phi) is 11.7. The first-order valence-electron chi connectivity index (χ1n) is 14.3. The third kappa shape index (κ3) is 7.86. The molecule has 0 aliphatic rings. The zero-order valence-corrected chi connectivity index (χ0v) is 23.6. The molecular weight excluding hydrogens is 476 g/mol. The van der Waals surface area contributed by atoms with Crippen molar-refractivity contribution >= 4 is 22.5 Å². The van der Waals surface area contributed by atoms with E-state index in [4.69, 9.17) is 9.47 Å². The van der Waals surface area contributed by atoms with Gasteiger partial charge in [0.15, 0.2) is 5.75 Å². The molecule has 0 saturated heterocycles. The lowest BCUT2D eigenvalue weighted by molar-refractivity contribution is 0.102. The van der Waals surface area contributed by atoms with Crippen LogP contribution in [0, 0.1) is 5.92 Å². The van der Waals surface area contributed by atoms with E-state index in [2.05, 4.69) is 33.0 Å². The van der Waals surface area contributed by atoms with Gasteiger partial charge in [-0.05, 0) is 55.5 Å². The highest BCUT2D eigenvalue weighted by Crippen LogP contribution is 2.35.